The molecule has 0 saturated heterocycles. The molecule has 0 spiro atoms. The van der Waals surface area contributed by atoms with Crippen LogP contribution in [0.15, 0.2) is 11.0 Å². The predicted molar refractivity (Wildman–Crippen MR) is 56.2 cm³/mol. The maximum absolute atomic E-state index is 13.7. The minimum atomic E-state index is -4.08. The highest BCUT2D eigenvalue weighted by molar-refractivity contribution is 7.90. The Hall–Kier alpha value is -1.21. The molecule has 94 valence electrons. The lowest BCUT2D eigenvalue weighted by Crippen LogP contribution is -2.20. The number of nitrogens with two attached hydrogens (primary N) is 1. The average Bonchev–Trinajstić information content (AvgIpc) is 2.89. The smallest absolute Gasteiger partial charge is 0.186 e. The van der Waals surface area contributed by atoms with E-state index < -0.39 is 37.7 Å². The molecule has 0 atom stereocenters. The van der Waals surface area contributed by atoms with E-state index in [-0.39, 0.29) is 5.56 Å². The third-order valence-electron chi connectivity index (χ3n) is 2.85. The Labute approximate surface area is 97.0 Å². The SMILES string of the molecule is CS(=O)(=O)c1c(F)cc(C2(N)CC2)c(O)c1F. The number of hydrogen-bond donors (Lipinski definition) is 2. The van der Waals surface area contributed by atoms with Gasteiger partial charge in [0.2, 0.25) is 0 Å². The maximum Gasteiger partial charge on any atom is 0.186 e. The molecule has 1 aromatic carbocycles. The van der Waals surface area contributed by atoms with Crippen molar-refractivity contribution in [2.75, 3.05) is 6.26 Å². The van der Waals surface area contributed by atoms with Gasteiger partial charge in [-0.25, -0.2) is 17.2 Å². The summed E-state index contributed by atoms with van der Waals surface area (Å²) in [5.74, 6) is -3.58. The first-order chi connectivity index (χ1) is 7.67. The van der Waals surface area contributed by atoms with Crippen LogP contribution in [0.3, 0.4) is 0 Å². The third-order valence-corrected chi connectivity index (χ3v) is 3.96. The summed E-state index contributed by atoms with van der Waals surface area (Å²) in [5.41, 5.74) is 4.70. The number of phenolic OH excluding ortho intramolecular Hbond substituents is 1. The highest BCUT2D eigenvalue weighted by Gasteiger charge is 2.44. The van der Waals surface area contributed by atoms with Crippen LogP contribution in [-0.4, -0.2) is 19.8 Å². The van der Waals surface area contributed by atoms with E-state index in [2.05, 4.69) is 0 Å². The highest BCUT2D eigenvalue weighted by Crippen LogP contribution is 2.48. The van der Waals surface area contributed by atoms with Crippen molar-refractivity contribution in [3.8, 4) is 5.75 Å². The van der Waals surface area contributed by atoms with Crippen LogP contribution in [0.2, 0.25) is 0 Å². The first-order valence-corrected chi connectivity index (χ1v) is 6.76. The van der Waals surface area contributed by atoms with Crippen molar-refractivity contribution in [2.45, 2.75) is 23.3 Å². The molecule has 4 nitrogen and oxygen atoms in total. The van der Waals surface area contributed by atoms with E-state index in [1.54, 1.807) is 0 Å². The Morgan fingerprint density at radius 3 is 2.35 bits per heavy atom. The number of halogens is 2. The van der Waals surface area contributed by atoms with Gasteiger partial charge in [-0.1, -0.05) is 0 Å². The molecular weight excluding hydrogens is 252 g/mol. The lowest BCUT2D eigenvalue weighted by molar-refractivity contribution is 0.399. The second-order valence-electron chi connectivity index (χ2n) is 4.33. The molecule has 1 aromatic rings. The molecule has 0 aromatic heterocycles. The summed E-state index contributed by atoms with van der Waals surface area (Å²) in [6.07, 6.45) is 1.66. The van der Waals surface area contributed by atoms with Crippen molar-refractivity contribution in [1.29, 1.82) is 0 Å². The molecule has 0 heterocycles. The zero-order valence-corrected chi connectivity index (χ0v) is 9.81. The first kappa shape index (κ1) is 12.3. The number of benzene rings is 1. The normalized spacial score (nSPS) is 18.1. The number of rotatable bonds is 2. The van der Waals surface area contributed by atoms with E-state index in [9.17, 15) is 22.3 Å². The zero-order valence-electron chi connectivity index (χ0n) is 9.00. The van der Waals surface area contributed by atoms with Crippen molar-refractivity contribution < 1.29 is 22.3 Å². The molecule has 1 aliphatic rings. The van der Waals surface area contributed by atoms with Crippen LogP contribution >= 0.6 is 0 Å². The van der Waals surface area contributed by atoms with Gasteiger partial charge < -0.3 is 10.8 Å². The molecule has 0 unspecified atom stereocenters. The van der Waals surface area contributed by atoms with Crippen LogP contribution in [0.25, 0.3) is 0 Å². The van der Waals surface area contributed by atoms with Gasteiger partial charge in [0, 0.05) is 17.4 Å². The van der Waals surface area contributed by atoms with Gasteiger partial charge in [-0.3, -0.25) is 0 Å². The highest BCUT2D eigenvalue weighted by atomic mass is 32.2. The van der Waals surface area contributed by atoms with Gasteiger partial charge in [0.25, 0.3) is 0 Å². The molecule has 0 aliphatic heterocycles. The quantitative estimate of drug-likeness (QED) is 0.834. The minimum absolute atomic E-state index is 0.0834. The van der Waals surface area contributed by atoms with E-state index in [1.165, 1.54) is 0 Å². The standard InChI is InChI=1S/C10H11F2NO3S/c1-17(15,16)9-6(11)4-5(8(14)7(9)12)10(13)2-3-10/h4,14H,2-3,13H2,1H3. The fourth-order valence-corrected chi connectivity index (χ4v) is 2.55. The second-order valence-corrected chi connectivity index (χ2v) is 6.28. The molecule has 1 aliphatic carbocycles. The van der Waals surface area contributed by atoms with E-state index >= 15 is 0 Å². The summed E-state index contributed by atoms with van der Waals surface area (Å²) in [6.45, 7) is 0. The fourth-order valence-electron chi connectivity index (χ4n) is 1.71. The van der Waals surface area contributed by atoms with E-state index in [1.807, 2.05) is 0 Å². The number of sulfone groups is 1. The monoisotopic (exact) mass is 263 g/mol. The molecule has 7 heteroatoms. The summed E-state index contributed by atoms with van der Waals surface area (Å²) in [4.78, 5) is -1.12. The summed E-state index contributed by atoms with van der Waals surface area (Å²) in [5, 5.41) is 9.56. The Morgan fingerprint density at radius 2 is 1.94 bits per heavy atom. The largest absolute Gasteiger partial charge is 0.505 e. The van der Waals surface area contributed by atoms with Gasteiger partial charge in [0.05, 0.1) is 0 Å². The van der Waals surface area contributed by atoms with Crippen LogP contribution in [-0.2, 0) is 15.4 Å². The molecule has 1 fully saturated rings. The van der Waals surface area contributed by atoms with E-state index in [0.717, 1.165) is 6.07 Å². The van der Waals surface area contributed by atoms with Gasteiger partial charge in [0.15, 0.2) is 21.4 Å². The van der Waals surface area contributed by atoms with Crippen LogP contribution < -0.4 is 5.73 Å². The van der Waals surface area contributed by atoms with Crippen LogP contribution in [0, 0.1) is 11.6 Å². The molecule has 0 amide bonds. The van der Waals surface area contributed by atoms with Crippen molar-refractivity contribution in [2.24, 2.45) is 5.73 Å². The maximum atomic E-state index is 13.7. The second kappa shape index (κ2) is 3.39. The topological polar surface area (TPSA) is 80.4 Å². The number of aromatic hydroxyl groups is 1. The summed E-state index contributed by atoms with van der Waals surface area (Å²) in [7, 11) is -4.08. The van der Waals surface area contributed by atoms with E-state index in [4.69, 9.17) is 5.73 Å². The molecular formula is C10H11F2NO3S. The first-order valence-electron chi connectivity index (χ1n) is 4.87. The fraction of sp³-hybridized carbons (Fsp3) is 0.400. The average molecular weight is 263 g/mol. The molecule has 3 N–H and O–H groups in total. The summed E-state index contributed by atoms with van der Waals surface area (Å²) >= 11 is 0. The van der Waals surface area contributed by atoms with Crippen LogP contribution in [0.4, 0.5) is 8.78 Å². The van der Waals surface area contributed by atoms with Crippen LogP contribution in [0.1, 0.15) is 18.4 Å². The Kier molecular flexibility index (Phi) is 2.45. The Bertz CT molecular complexity index is 594. The molecule has 17 heavy (non-hydrogen) atoms. The molecule has 0 radical (unpaired) electrons. The predicted octanol–water partition coefficient (Wildman–Crippen LogP) is 1.02. The number of hydrogen-bond acceptors (Lipinski definition) is 4. The van der Waals surface area contributed by atoms with Crippen molar-refractivity contribution in [3.63, 3.8) is 0 Å². The van der Waals surface area contributed by atoms with Crippen molar-refractivity contribution in [3.05, 3.63) is 23.3 Å². The number of phenols is 1. The molecule has 0 bridgehead atoms. The zero-order chi connectivity index (χ0) is 13.0. The lowest BCUT2D eigenvalue weighted by Gasteiger charge is -2.14. The third kappa shape index (κ3) is 1.89. The van der Waals surface area contributed by atoms with Crippen molar-refractivity contribution in [1.82, 2.24) is 0 Å². The van der Waals surface area contributed by atoms with Gasteiger partial charge >= 0.3 is 0 Å². The van der Waals surface area contributed by atoms with E-state index in [0.29, 0.717) is 19.1 Å². The van der Waals surface area contributed by atoms with Crippen LogP contribution in [0.5, 0.6) is 5.75 Å². The van der Waals surface area contributed by atoms with Gasteiger partial charge in [-0.2, -0.15) is 0 Å². The Balaban J connectivity index is 2.73. The minimum Gasteiger partial charge on any atom is -0.505 e. The Morgan fingerprint density at radius 1 is 1.41 bits per heavy atom. The molecule has 2 rings (SSSR count). The summed E-state index contributed by atoms with van der Waals surface area (Å²) < 4.78 is 49.6. The van der Waals surface area contributed by atoms with Gasteiger partial charge in [-0.05, 0) is 18.9 Å². The van der Waals surface area contributed by atoms with Gasteiger partial charge in [0.1, 0.15) is 10.7 Å². The van der Waals surface area contributed by atoms with Gasteiger partial charge in [-0.15, -0.1) is 0 Å². The van der Waals surface area contributed by atoms with Crippen molar-refractivity contribution >= 4 is 9.84 Å². The summed E-state index contributed by atoms with van der Waals surface area (Å²) in [6, 6.07) is 0.793. The lowest BCUT2D eigenvalue weighted by atomic mass is 10.0. The molecule has 1 saturated carbocycles.